The third-order valence-corrected chi connectivity index (χ3v) is 5.88. The van der Waals surface area contributed by atoms with Crippen LogP contribution in [0, 0.1) is 0 Å². The van der Waals surface area contributed by atoms with E-state index in [2.05, 4.69) is 10.3 Å². The van der Waals surface area contributed by atoms with Gasteiger partial charge in [0.15, 0.2) is 11.5 Å². The molecule has 0 spiro atoms. The van der Waals surface area contributed by atoms with Gasteiger partial charge in [-0.1, -0.05) is 19.1 Å². The summed E-state index contributed by atoms with van der Waals surface area (Å²) in [6, 6.07) is 9.44. The van der Waals surface area contributed by atoms with E-state index in [0.29, 0.717) is 28.8 Å². The number of H-pyrrole nitrogens is 1. The normalized spacial score (nSPS) is 16.0. The molecule has 0 saturated heterocycles. The quantitative estimate of drug-likeness (QED) is 0.634. The van der Waals surface area contributed by atoms with Gasteiger partial charge >= 0.3 is 5.69 Å². The van der Waals surface area contributed by atoms with Crippen LogP contribution < -0.4 is 26.0 Å². The molecule has 0 bridgehead atoms. The second-order valence-corrected chi connectivity index (χ2v) is 7.58. The SMILES string of the molecule is CCC(C(=O)NC1CCc2cc(OC)c(OC)cc21)n1c(=O)[nH]c2ccccc2c1=O. The summed E-state index contributed by atoms with van der Waals surface area (Å²) >= 11 is 0. The Bertz CT molecular complexity index is 1260. The number of aromatic amines is 1. The second-order valence-electron chi connectivity index (χ2n) is 7.58. The van der Waals surface area contributed by atoms with Gasteiger partial charge in [-0.3, -0.25) is 9.59 Å². The number of aromatic nitrogens is 2. The average molecular weight is 423 g/mol. The number of methoxy groups -OCH3 is 2. The van der Waals surface area contributed by atoms with Crippen molar-refractivity contribution in [1.29, 1.82) is 0 Å². The average Bonchev–Trinajstić information content (AvgIpc) is 3.16. The molecule has 1 aliphatic carbocycles. The van der Waals surface area contributed by atoms with Crippen LogP contribution in [0.5, 0.6) is 11.5 Å². The Balaban J connectivity index is 1.66. The van der Waals surface area contributed by atoms with Crippen molar-refractivity contribution >= 4 is 16.8 Å². The number of hydrogen-bond acceptors (Lipinski definition) is 5. The first kappa shape index (κ1) is 20.7. The summed E-state index contributed by atoms with van der Waals surface area (Å²) in [5.41, 5.74) is 1.43. The third-order valence-electron chi connectivity index (χ3n) is 5.88. The fourth-order valence-corrected chi connectivity index (χ4v) is 4.30. The first-order valence-corrected chi connectivity index (χ1v) is 10.3. The van der Waals surface area contributed by atoms with Gasteiger partial charge in [0.25, 0.3) is 5.56 Å². The summed E-state index contributed by atoms with van der Waals surface area (Å²) in [6.45, 7) is 1.78. The van der Waals surface area contributed by atoms with Gasteiger partial charge in [-0.2, -0.15) is 0 Å². The first-order valence-electron chi connectivity index (χ1n) is 10.3. The van der Waals surface area contributed by atoms with Crippen molar-refractivity contribution in [2.24, 2.45) is 0 Å². The summed E-state index contributed by atoms with van der Waals surface area (Å²) in [6.07, 6.45) is 1.81. The molecule has 8 nitrogen and oxygen atoms in total. The van der Waals surface area contributed by atoms with Gasteiger partial charge < -0.3 is 19.8 Å². The van der Waals surface area contributed by atoms with E-state index in [1.807, 2.05) is 12.1 Å². The minimum Gasteiger partial charge on any atom is -0.493 e. The number of nitrogens with zero attached hydrogens (tertiary/aromatic N) is 1. The molecule has 4 rings (SSSR count). The lowest BCUT2D eigenvalue weighted by atomic mass is 10.1. The number of hydrogen-bond donors (Lipinski definition) is 2. The molecule has 8 heteroatoms. The van der Waals surface area contributed by atoms with Crippen molar-refractivity contribution in [3.05, 3.63) is 68.4 Å². The molecule has 2 N–H and O–H groups in total. The highest BCUT2D eigenvalue weighted by Crippen LogP contribution is 2.39. The molecule has 0 saturated carbocycles. The predicted molar refractivity (Wildman–Crippen MR) is 117 cm³/mol. The van der Waals surface area contributed by atoms with Crippen LogP contribution in [0.15, 0.2) is 46.0 Å². The molecule has 1 aromatic heterocycles. The van der Waals surface area contributed by atoms with E-state index >= 15 is 0 Å². The van der Waals surface area contributed by atoms with E-state index in [1.165, 1.54) is 0 Å². The van der Waals surface area contributed by atoms with Gasteiger partial charge in [0.05, 0.1) is 31.2 Å². The Labute approximate surface area is 178 Å². The molecule has 1 aliphatic rings. The molecular weight excluding hydrogens is 398 g/mol. The third kappa shape index (κ3) is 3.58. The van der Waals surface area contributed by atoms with Gasteiger partial charge in [0.1, 0.15) is 6.04 Å². The number of carbonyl (C=O) groups is 1. The Kier molecular flexibility index (Phi) is 5.54. The van der Waals surface area contributed by atoms with Gasteiger partial charge in [0, 0.05) is 0 Å². The minimum atomic E-state index is -0.912. The number of carbonyl (C=O) groups excluding carboxylic acids is 1. The number of para-hydroxylation sites is 1. The first-order chi connectivity index (χ1) is 15.0. The molecule has 162 valence electrons. The van der Waals surface area contributed by atoms with E-state index in [9.17, 15) is 14.4 Å². The number of amides is 1. The van der Waals surface area contributed by atoms with Crippen molar-refractivity contribution in [3.63, 3.8) is 0 Å². The van der Waals surface area contributed by atoms with E-state index in [-0.39, 0.29) is 11.9 Å². The fourth-order valence-electron chi connectivity index (χ4n) is 4.30. The Morgan fingerprint density at radius 1 is 1.19 bits per heavy atom. The maximum Gasteiger partial charge on any atom is 0.329 e. The van der Waals surface area contributed by atoms with Crippen molar-refractivity contribution < 1.29 is 14.3 Å². The summed E-state index contributed by atoms with van der Waals surface area (Å²) < 4.78 is 11.8. The van der Waals surface area contributed by atoms with Gasteiger partial charge in [-0.05, 0) is 54.7 Å². The van der Waals surface area contributed by atoms with Crippen LogP contribution in [-0.4, -0.2) is 29.7 Å². The van der Waals surface area contributed by atoms with Crippen molar-refractivity contribution in [2.45, 2.75) is 38.3 Å². The standard InChI is InChI=1S/C23H25N3O5/c1-4-18(26-22(28)14-7-5-6-8-16(14)25-23(26)29)21(27)24-17-10-9-13-11-19(30-2)20(31-3)12-15(13)17/h5-8,11-12,17-18H,4,9-10H2,1-3H3,(H,24,27)(H,25,29). The lowest BCUT2D eigenvalue weighted by Gasteiger charge is -2.21. The van der Waals surface area contributed by atoms with E-state index in [0.717, 1.165) is 28.5 Å². The molecule has 31 heavy (non-hydrogen) atoms. The monoisotopic (exact) mass is 423 g/mol. The van der Waals surface area contributed by atoms with Gasteiger partial charge in [-0.15, -0.1) is 0 Å². The number of ether oxygens (including phenoxy) is 2. The Hall–Kier alpha value is -3.55. The zero-order chi connectivity index (χ0) is 22.1. The van der Waals surface area contributed by atoms with Gasteiger partial charge in [0.2, 0.25) is 5.91 Å². The smallest absolute Gasteiger partial charge is 0.329 e. The molecule has 0 aliphatic heterocycles. The number of nitrogens with one attached hydrogen (secondary N) is 2. The van der Waals surface area contributed by atoms with Crippen LogP contribution in [-0.2, 0) is 11.2 Å². The van der Waals surface area contributed by atoms with Crippen LogP contribution >= 0.6 is 0 Å². The molecule has 0 radical (unpaired) electrons. The number of fused-ring (bicyclic) bond motifs is 2. The summed E-state index contributed by atoms with van der Waals surface area (Å²) in [5, 5.41) is 3.40. The molecule has 1 amide bonds. The number of aryl methyl sites for hydroxylation is 1. The summed E-state index contributed by atoms with van der Waals surface area (Å²) in [5.74, 6) is 0.878. The molecule has 2 unspecified atom stereocenters. The zero-order valence-electron chi connectivity index (χ0n) is 17.7. The molecule has 2 aromatic carbocycles. The number of benzene rings is 2. The Morgan fingerprint density at radius 2 is 1.90 bits per heavy atom. The van der Waals surface area contributed by atoms with Crippen LogP contribution in [0.3, 0.4) is 0 Å². The Morgan fingerprint density at radius 3 is 2.61 bits per heavy atom. The minimum absolute atomic E-state index is 0.230. The van der Waals surface area contributed by atoms with Gasteiger partial charge in [-0.25, -0.2) is 9.36 Å². The predicted octanol–water partition coefficient (Wildman–Crippen LogP) is 2.46. The fraction of sp³-hybridized carbons (Fsp3) is 0.348. The lowest BCUT2D eigenvalue weighted by Crippen LogP contribution is -2.44. The van der Waals surface area contributed by atoms with Crippen LogP contribution in [0.25, 0.3) is 10.9 Å². The second kappa shape index (κ2) is 8.29. The molecule has 1 heterocycles. The van der Waals surface area contributed by atoms with Crippen molar-refractivity contribution in [1.82, 2.24) is 14.9 Å². The van der Waals surface area contributed by atoms with Crippen molar-refractivity contribution in [3.8, 4) is 11.5 Å². The van der Waals surface area contributed by atoms with E-state index in [1.54, 1.807) is 45.4 Å². The highest BCUT2D eigenvalue weighted by atomic mass is 16.5. The molecule has 3 aromatic rings. The summed E-state index contributed by atoms with van der Waals surface area (Å²) in [4.78, 5) is 41.5. The van der Waals surface area contributed by atoms with Crippen LogP contribution in [0.2, 0.25) is 0 Å². The summed E-state index contributed by atoms with van der Waals surface area (Å²) in [7, 11) is 3.15. The van der Waals surface area contributed by atoms with Crippen LogP contribution in [0.1, 0.15) is 43.0 Å². The highest BCUT2D eigenvalue weighted by Gasteiger charge is 2.30. The van der Waals surface area contributed by atoms with E-state index < -0.39 is 17.3 Å². The lowest BCUT2D eigenvalue weighted by molar-refractivity contribution is -0.125. The molecular formula is C23H25N3O5. The van der Waals surface area contributed by atoms with E-state index in [4.69, 9.17) is 9.47 Å². The van der Waals surface area contributed by atoms with Crippen LogP contribution in [0.4, 0.5) is 0 Å². The molecule has 0 fully saturated rings. The highest BCUT2D eigenvalue weighted by molar-refractivity contribution is 5.82. The van der Waals surface area contributed by atoms with Crippen molar-refractivity contribution in [2.75, 3.05) is 14.2 Å². The number of rotatable bonds is 6. The maximum absolute atomic E-state index is 13.2. The maximum atomic E-state index is 13.2. The molecule has 2 atom stereocenters. The topological polar surface area (TPSA) is 102 Å². The largest absolute Gasteiger partial charge is 0.493 e. The zero-order valence-corrected chi connectivity index (χ0v) is 17.7.